The van der Waals surface area contributed by atoms with Crippen molar-refractivity contribution in [1.82, 2.24) is 10.9 Å². The first-order valence-corrected chi connectivity index (χ1v) is 9.58. The lowest BCUT2D eigenvalue weighted by Crippen LogP contribution is -2.43. The van der Waals surface area contributed by atoms with E-state index >= 15 is 0 Å². The fraction of sp³-hybridized carbons (Fsp3) is 0.158. The Kier molecular flexibility index (Phi) is 8.64. The van der Waals surface area contributed by atoms with Crippen molar-refractivity contribution in [3.05, 3.63) is 68.7 Å². The molecule has 0 aliphatic rings. The first kappa shape index (κ1) is 23.5. The summed E-state index contributed by atoms with van der Waals surface area (Å²) in [4.78, 5) is 57.2. The van der Waals surface area contributed by atoms with Gasteiger partial charge in [-0.05, 0) is 30.3 Å². The number of benzene rings is 2. The molecule has 12 heteroatoms. The molecular formula is C19H17BrN4O7. The van der Waals surface area contributed by atoms with Crippen LogP contribution in [0.1, 0.15) is 23.2 Å². The molecule has 31 heavy (non-hydrogen) atoms. The molecule has 2 aromatic carbocycles. The van der Waals surface area contributed by atoms with Crippen LogP contribution in [0.25, 0.3) is 0 Å². The number of non-ortho nitro benzene ring substituents is 1. The minimum absolute atomic E-state index is 0.185. The van der Waals surface area contributed by atoms with Gasteiger partial charge in [-0.15, -0.1) is 0 Å². The van der Waals surface area contributed by atoms with Gasteiger partial charge in [0.2, 0.25) is 5.91 Å². The number of hydrogen-bond donors (Lipinski definition) is 3. The third kappa shape index (κ3) is 8.22. The zero-order valence-electron chi connectivity index (χ0n) is 15.9. The highest BCUT2D eigenvalue weighted by Gasteiger charge is 2.13. The number of nitrogens with zero attached hydrogens (tertiary/aromatic N) is 1. The summed E-state index contributed by atoms with van der Waals surface area (Å²) in [5, 5.41) is 13.2. The number of hydrazine groups is 1. The predicted octanol–water partition coefficient (Wildman–Crippen LogP) is 2.08. The third-order valence-electron chi connectivity index (χ3n) is 3.68. The normalized spacial score (nSPS) is 9.97. The molecule has 0 aliphatic carbocycles. The van der Waals surface area contributed by atoms with Gasteiger partial charge in [-0.1, -0.05) is 22.0 Å². The number of nitrogens with one attached hydrogen (secondary N) is 3. The SMILES string of the molecule is O=C(COC(=O)CCC(=O)Nc1cccc([N+](=O)[O-])c1)NNC(=O)c1ccc(Br)cc1. The van der Waals surface area contributed by atoms with Crippen LogP contribution in [0.2, 0.25) is 0 Å². The average molecular weight is 493 g/mol. The van der Waals surface area contributed by atoms with E-state index in [4.69, 9.17) is 4.74 Å². The first-order valence-electron chi connectivity index (χ1n) is 8.79. The summed E-state index contributed by atoms with van der Waals surface area (Å²) in [5.74, 6) is -2.67. The standard InChI is InChI=1S/C19H17BrN4O7/c20-13-6-4-12(5-7-13)19(28)23-22-17(26)11-31-18(27)9-8-16(25)21-14-2-1-3-15(10-14)24(29)30/h1-7,10H,8-9,11H2,(H,21,25)(H,22,26)(H,23,28). The molecule has 2 rings (SSSR count). The average Bonchev–Trinajstić information content (AvgIpc) is 2.75. The highest BCUT2D eigenvalue weighted by atomic mass is 79.9. The molecule has 0 unspecified atom stereocenters. The predicted molar refractivity (Wildman–Crippen MR) is 112 cm³/mol. The molecule has 0 radical (unpaired) electrons. The lowest BCUT2D eigenvalue weighted by atomic mass is 10.2. The minimum atomic E-state index is -0.802. The lowest BCUT2D eigenvalue weighted by molar-refractivity contribution is -0.384. The maximum atomic E-state index is 11.9. The minimum Gasteiger partial charge on any atom is -0.455 e. The zero-order valence-corrected chi connectivity index (χ0v) is 17.5. The van der Waals surface area contributed by atoms with Gasteiger partial charge in [0.25, 0.3) is 17.5 Å². The number of esters is 1. The summed E-state index contributed by atoms with van der Waals surface area (Å²) < 4.78 is 5.52. The Morgan fingerprint density at radius 3 is 2.35 bits per heavy atom. The second kappa shape index (κ2) is 11.4. The van der Waals surface area contributed by atoms with E-state index < -0.39 is 35.2 Å². The van der Waals surface area contributed by atoms with Crippen molar-refractivity contribution in [2.75, 3.05) is 11.9 Å². The number of ether oxygens (including phenoxy) is 1. The Morgan fingerprint density at radius 1 is 0.968 bits per heavy atom. The molecule has 0 aliphatic heterocycles. The second-order valence-corrected chi connectivity index (χ2v) is 6.94. The fourth-order valence-corrected chi connectivity index (χ4v) is 2.45. The maximum Gasteiger partial charge on any atom is 0.306 e. The van der Waals surface area contributed by atoms with Gasteiger partial charge in [0, 0.05) is 34.3 Å². The van der Waals surface area contributed by atoms with E-state index in [0.29, 0.717) is 5.56 Å². The van der Waals surface area contributed by atoms with E-state index in [1.807, 2.05) is 0 Å². The van der Waals surface area contributed by atoms with Crippen LogP contribution in [-0.4, -0.2) is 35.2 Å². The summed E-state index contributed by atoms with van der Waals surface area (Å²) in [5.41, 5.74) is 4.62. The molecular weight excluding hydrogens is 476 g/mol. The molecule has 0 atom stereocenters. The first-order chi connectivity index (χ1) is 14.7. The summed E-state index contributed by atoms with van der Waals surface area (Å²) in [6, 6.07) is 11.8. The smallest absolute Gasteiger partial charge is 0.306 e. The molecule has 0 fully saturated rings. The number of nitro benzene ring substituents is 1. The quantitative estimate of drug-likeness (QED) is 0.289. The second-order valence-electron chi connectivity index (χ2n) is 6.03. The molecule has 0 heterocycles. The monoisotopic (exact) mass is 492 g/mol. The van der Waals surface area contributed by atoms with Crippen molar-refractivity contribution in [1.29, 1.82) is 0 Å². The number of nitro groups is 1. The fourth-order valence-electron chi connectivity index (χ4n) is 2.19. The molecule has 0 saturated carbocycles. The third-order valence-corrected chi connectivity index (χ3v) is 4.21. The Balaban J connectivity index is 1.66. The van der Waals surface area contributed by atoms with Crippen molar-refractivity contribution in [2.24, 2.45) is 0 Å². The van der Waals surface area contributed by atoms with Crippen LogP contribution in [0, 0.1) is 10.1 Å². The molecule has 11 nitrogen and oxygen atoms in total. The number of anilines is 1. The molecule has 3 amide bonds. The van der Waals surface area contributed by atoms with Gasteiger partial charge >= 0.3 is 5.97 Å². The van der Waals surface area contributed by atoms with Gasteiger partial charge in [-0.2, -0.15) is 0 Å². The van der Waals surface area contributed by atoms with Crippen molar-refractivity contribution >= 4 is 51.0 Å². The molecule has 0 aromatic heterocycles. The van der Waals surface area contributed by atoms with Crippen molar-refractivity contribution in [3.63, 3.8) is 0 Å². The Bertz CT molecular complexity index is 995. The van der Waals surface area contributed by atoms with Crippen LogP contribution in [0.15, 0.2) is 53.0 Å². The topological polar surface area (TPSA) is 157 Å². The summed E-state index contributed by atoms with van der Waals surface area (Å²) in [6.07, 6.45) is -0.553. The highest BCUT2D eigenvalue weighted by Crippen LogP contribution is 2.17. The number of carbonyl (C=O) groups excluding carboxylic acids is 4. The van der Waals surface area contributed by atoms with Gasteiger partial charge in [0.15, 0.2) is 6.61 Å². The van der Waals surface area contributed by atoms with E-state index in [9.17, 15) is 29.3 Å². The van der Waals surface area contributed by atoms with Gasteiger partial charge in [0.05, 0.1) is 11.3 Å². The summed E-state index contributed by atoms with van der Waals surface area (Å²) in [6.45, 7) is -0.647. The van der Waals surface area contributed by atoms with Gasteiger partial charge in [-0.25, -0.2) is 0 Å². The van der Waals surface area contributed by atoms with E-state index in [1.54, 1.807) is 24.3 Å². The Hall–Kier alpha value is -3.80. The van der Waals surface area contributed by atoms with E-state index in [2.05, 4.69) is 32.1 Å². The molecule has 0 spiro atoms. The van der Waals surface area contributed by atoms with E-state index in [-0.39, 0.29) is 24.2 Å². The van der Waals surface area contributed by atoms with Gasteiger partial charge in [-0.3, -0.25) is 40.1 Å². The van der Waals surface area contributed by atoms with Gasteiger partial charge < -0.3 is 10.1 Å². The number of carbonyl (C=O) groups is 4. The highest BCUT2D eigenvalue weighted by molar-refractivity contribution is 9.10. The van der Waals surface area contributed by atoms with Crippen LogP contribution in [-0.2, 0) is 19.1 Å². The number of hydrogen-bond acceptors (Lipinski definition) is 7. The lowest BCUT2D eigenvalue weighted by Gasteiger charge is -2.08. The largest absolute Gasteiger partial charge is 0.455 e. The zero-order chi connectivity index (χ0) is 22.8. The van der Waals surface area contributed by atoms with E-state index in [1.165, 1.54) is 24.3 Å². The summed E-state index contributed by atoms with van der Waals surface area (Å²) in [7, 11) is 0. The van der Waals surface area contributed by atoms with Crippen molar-refractivity contribution in [3.8, 4) is 0 Å². The Labute approximate surface area is 184 Å². The molecule has 0 saturated heterocycles. The molecule has 2 aromatic rings. The molecule has 0 bridgehead atoms. The number of amides is 3. The number of rotatable bonds is 8. The van der Waals surface area contributed by atoms with E-state index in [0.717, 1.165) is 4.47 Å². The van der Waals surface area contributed by atoms with Crippen LogP contribution in [0.4, 0.5) is 11.4 Å². The maximum absolute atomic E-state index is 11.9. The molecule has 162 valence electrons. The van der Waals surface area contributed by atoms with Crippen molar-refractivity contribution < 1.29 is 28.8 Å². The van der Waals surface area contributed by atoms with Crippen LogP contribution >= 0.6 is 15.9 Å². The van der Waals surface area contributed by atoms with Gasteiger partial charge in [0.1, 0.15) is 0 Å². The Morgan fingerprint density at radius 2 is 1.68 bits per heavy atom. The van der Waals surface area contributed by atoms with Crippen LogP contribution < -0.4 is 16.2 Å². The van der Waals surface area contributed by atoms with Crippen LogP contribution in [0.5, 0.6) is 0 Å². The summed E-state index contributed by atoms with van der Waals surface area (Å²) >= 11 is 3.24. The van der Waals surface area contributed by atoms with Crippen molar-refractivity contribution in [2.45, 2.75) is 12.8 Å². The van der Waals surface area contributed by atoms with Crippen LogP contribution in [0.3, 0.4) is 0 Å². The number of halogens is 1. The molecule has 3 N–H and O–H groups in total.